The lowest BCUT2D eigenvalue weighted by Gasteiger charge is -2.37. The Morgan fingerprint density at radius 3 is 2.59 bits per heavy atom. The van der Waals surface area contributed by atoms with Gasteiger partial charge in [-0.05, 0) is 31.8 Å². The smallest absolute Gasteiger partial charge is 0.410 e. The fraction of sp³-hybridized carbons (Fsp3) is 0.650. The van der Waals surface area contributed by atoms with Gasteiger partial charge in [-0.2, -0.15) is 0 Å². The molecular formula is C20H29N3O4. The molecule has 0 aliphatic carbocycles. The van der Waals surface area contributed by atoms with Crippen LogP contribution in [0, 0.1) is 0 Å². The number of nitrogens with zero attached hydrogens (tertiary/aromatic N) is 3. The van der Waals surface area contributed by atoms with Crippen LogP contribution in [0.5, 0.6) is 11.5 Å². The van der Waals surface area contributed by atoms with Gasteiger partial charge < -0.3 is 24.0 Å². The monoisotopic (exact) mass is 375 g/mol. The standard InChI is InChI=1S/C20H29N3O4/c1-21(2)9-10-23-15-20(27-19(23)24)5-7-22(8-6-20)14-16-3-4-17-18(13-16)26-12-11-25-17/h3-4,13H,5-12,14-15H2,1-2H3. The third-order valence-electron chi connectivity index (χ3n) is 5.64. The molecular weight excluding hydrogens is 346 g/mol. The highest BCUT2D eigenvalue weighted by Crippen LogP contribution is 2.35. The maximum absolute atomic E-state index is 12.2. The first kappa shape index (κ1) is 18.4. The van der Waals surface area contributed by atoms with Crippen molar-refractivity contribution in [3.8, 4) is 11.5 Å². The number of piperidine rings is 1. The summed E-state index contributed by atoms with van der Waals surface area (Å²) in [5.41, 5.74) is 0.929. The Kier molecular flexibility index (Phi) is 5.14. The van der Waals surface area contributed by atoms with Crippen molar-refractivity contribution in [3.63, 3.8) is 0 Å². The van der Waals surface area contributed by atoms with Gasteiger partial charge in [0.05, 0.1) is 6.54 Å². The molecule has 0 bridgehead atoms. The van der Waals surface area contributed by atoms with Gasteiger partial charge in [-0.15, -0.1) is 0 Å². The Morgan fingerprint density at radius 2 is 1.85 bits per heavy atom. The molecule has 3 heterocycles. The number of carbonyl (C=O) groups excluding carboxylic acids is 1. The molecule has 1 spiro atoms. The van der Waals surface area contributed by atoms with Gasteiger partial charge >= 0.3 is 6.09 Å². The second-order valence-electron chi connectivity index (χ2n) is 8.03. The molecule has 1 aromatic carbocycles. The quantitative estimate of drug-likeness (QED) is 0.782. The Morgan fingerprint density at radius 1 is 1.11 bits per heavy atom. The van der Waals surface area contributed by atoms with E-state index in [4.69, 9.17) is 14.2 Å². The first-order valence-corrected chi connectivity index (χ1v) is 9.77. The minimum Gasteiger partial charge on any atom is -0.486 e. The minimum atomic E-state index is -0.299. The van der Waals surface area contributed by atoms with Crippen LogP contribution in [-0.4, -0.2) is 86.4 Å². The molecule has 0 atom stereocenters. The summed E-state index contributed by atoms with van der Waals surface area (Å²) < 4.78 is 17.1. The van der Waals surface area contributed by atoms with E-state index in [-0.39, 0.29) is 11.7 Å². The van der Waals surface area contributed by atoms with Crippen molar-refractivity contribution in [3.05, 3.63) is 23.8 Å². The zero-order chi connectivity index (χ0) is 18.9. The number of hydrogen-bond acceptors (Lipinski definition) is 6. The van der Waals surface area contributed by atoms with Crippen molar-refractivity contribution in [2.45, 2.75) is 25.0 Å². The molecule has 3 aliphatic rings. The van der Waals surface area contributed by atoms with E-state index in [0.717, 1.165) is 63.6 Å². The number of likely N-dealkylation sites (N-methyl/N-ethyl adjacent to an activating group) is 1. The fourth-order valence-corrected chi connectivity index (χ4v) is 4.01. The maximum atomic E-state index is 12.2. The molecule has 1 aromatic rings. The number of fused-ring (bicyclic) bond motifs is 1. The Balaban J connectivity index is 1.31. The maximum Gasteiger partial charge on any atom is 0.410 e. The van der Waals surface area contributed by atoms with Crippen LogP contribution in [0.3, 0.4) is 0 Å². The third kappa shape index (κ3) is 4.14. The van der Waals surface area contributed by atoms with E-state index < -0.39 is 0 Å². The number of hydrogen-bond donors (Lipinski definition) is 0. The number of carbonyl (C=O) groups is 1. The van der Waals surface area contributed by atoms with Gasteiger partial charge in [-0.3, -0.25) is 4.90 Å². The normalized spacial score (nSPS) is 21.7. The Hall–Kier alpha value is -1.99. The minimum absolute atomic E-state index is 0.155. The van der Waals surface area contributed by atoms with Crippen molar-refractivity contribution >= 4 is 6.09 Å². The number of likely N-dealkylation sites (tertiary alicyclic amines) is 1. The van der Waals surface area contributed by atoms with E-state index in [2.05, 4.69) is 21.9 Å². The molecule has 0 unspecified atom stereocenters. The predicted molar refractivity (Wildman–Crippen MR) is 101 cm³/mol. The van der Waals surface area contributed by atoms with Gasteiger partial charge in [-0.25, -0.2) is 4.79 Å². The van der Waals surface area contributed by atoms with Gasteiger partial charge in [0, 0.05) is 45.6 Å². The summed E-state index contributed by atoms with van der Waals surface area (Å²) in [4.78, 5) is 18.6. The van der Waals surface area contributed by atoms with Crippen LogP contribution in [0.25, 0.3) is 0 Å². The zero-order valence-corrected chi connectivity index (χ0v) is 16.3. The van der Waals surface area contributed by atoms with Crippen molar-refractivity contribution in [2.75, 3.05) is 60.0 Å². The van der Waals surface area contributed by atoms with Crippen LogP contribution >= 0.6 is 0 Å². The lowest BCUT2D eigenvalue weighted by molar-refractivity contribution is -0.00127. The predicted octanol–water partition coefficient (Wildman–Crippen LogP) is 1.81. The van der Waals surface area contributed by atoms with Crippen LogP contribution in [-0.2, 0) is 11.3 Å². The van der Waals surface area contributed by atoms with Gasteiger partial charge in [0.15, 0.2) is 11.5 Å². The number of amides is 1. The first-order chi connectivity index (χ1) is 13.0. The molecule has 0 saturated carbocycles. The Bertz CT molecular complexity index is 686. The highest BCUT2D eigenvalue weighted by atomic mass is 16.6. The molecule has 1 amide bonds. The van der Waals surface area contributed by atoms with Gasteiger partial charge in [-0.1, -0.05) is 6.07 Å². The van der Waals surface area contributed by atoms with Crippen molar-refractivity contribution in [2.24, 2.45) is 0 Å². The van der Waals surface area contributed by atoms with Crippen LogP contribution < -0.4 is 9.47 Å². The van der Waals surface area contributed by atoms with Gasteiger partial charge in [0.25, 0.3) is 0 Å². The summed E-state index contributed by atoms with van der Waals surface area (Å²) in [7, 11) is 4.04. The topological polar surface area (TPSA) is 54.5 Å². The van der Waals surface area contributed by atoms with E-state index in [0.29, 0.717) is 13.2 Å². The van der Waals surface area contributed by atoms with E-state index >= 15 is 0 Å². The summed E-state index contributed by atoms with van der Waals surface area (Å²) in [6.07, 6.45) is 1.63. The molecule has 148 valence electrons. The molecule has 7 heteroatoms. The summed E-state index contributed by atoms with van der Waals surface area (Å²) in [5, 5.41) is 0. The molecule has 2 saturated heterocycles. The summed E-state index contributed by atoms with van der Waals surface area (Å²) in [6, 6.07) is 6.19. The van der Waals surface area contributed by atoms with Crippen LogP contribution in [0.1, 0.15) is 18.4 Å². The molecule has 27 heavy (non-hydrogen) atoms. The number of rotatable bonds is 5. The van der Waals surface area contributed by atoms with Crippen molar-refractivity contribution in [1.29, 1.82) is 0 Å². The van der Waals surface area contributed by atoms with Crippen LogP contribution in [0.4, 0.5) is 4.79 Å². The SMILES string of the molecule is CN(C)CCN1CC2(CCN(Cc3ccc4c(c3)OCCO4)CC2)OC1=O. The zero-order valence-electron chi connectivity index (χ0n) is 16.3. The molecule has 0 aromatic heterocycles. The highest BCUT2D eigenvalue weighted by molar-refractivity contribution is 5.70. The molecule has 2 fully saturated rings. The molecule has 7 nitrogen and oxygen atoms in total. The molecule has 0 N–H and O–H groups in total. The largest absolute Gasteiger partial charge is 0.486 e. The first-order valence-electron chi connectivity index (χ1n) is 9.77. The third-order valence-corrected chi connectivity index (χ3v) is 5.64. The lowest BCUT2D eigenvalue weighted by Crippen LogP contribution is -2.46. The molecule has 4 rings (SSSR count). The van der Waals surface area contributed by atoms with E-state index in [1.165, 1.54) is 5.56 Å². The van der Waals surface area contributed by atoms with E-state index in [1.54, 1.807) is 0 Å². The van der Waals surface area contributed by atoms with Crippen molar-refractivity contribution in [1.82, 2.24) is 14.7 Å². The van der Waals surface area contributed by atoms with E-state index in [1.807, 2.05) is 25.1 Å². The fourth-order valence-electron chi connectivity index (χ4n) is 4.01. The van der Waals surface area contributed by atoms with E-state index in [9.17, 15) is 4.79 Å². The highest BCUT2D eigenvalue weighted by Gasteiger charge is 2.46. The summed E-state index contributed by atoms with van der Waals surface area (Å²) in [6.45, 7) is 6.29. The molecule has 0 radical (unpaired) electrons. The average molecular weight is 375 g/mol. The second-order valence-corrected chi connectivity index (χ2v) is 8.03. The van der Waals surface area contributed by atoms with Crippen molar-refractivity contribution < 1.29 is 19.0 Å². The summed E-state index contributed by atoms with van der Waals surface area (Å²) in [5.74, 6) is 1.67. The summed E-state index contributed by atoms with van der Waals surface area (Å²) >= 11 is 0. The average Bonchev–Trinajstić information content (AvgIpc) is 2.97. The molecule has 3 aliphatic heterocycles. The second kappa shape index (κ2) is 7.56. The van der Waals surface area contributed by atoms with Gasteiger partial charge in [0.2, 0.25) is 0 Å². The van der Waals surface area contributed by atoms with Gasteiger partial charge in [0.1, 0.15) is 18.8 Å². The number of benzene rings is 1. The van der Waals surface area contributed by atoms with Crippen LogP contribution in [0.2, 0.25) is 0 Å². The van der Waals surface area contributed by atoms with Crippen LogP contribution in [0.15, 0.2) is 18.2 Å². The lowest BCUT2D eigenvalue weighted by atomic mass is 9.91. The Labute approximate surface area is 160 Å². The number of ether oxygens (including phenoxy) is 3.